The molecule has 3 aromatic rings. The molecule has 3 rings (SSSR count). The van der Waals surface area contributed by atoms with Crippen molar-refractivity contribution < 1.29 is 23.9 Å². The maximum Gasteiger partial charge on any atom is 0.338 e. The molecule has 0 aliphatic rings. The van der Waals surface area contributed by atoms with Gasteiger partial charge in [-0.2, -0.15) is 5.10 Å². The van der Waals surface area contributed by atoms with E-state index in [1.165, 1.54) is 25.1 Å². The lowest BCUT2D eigenvalue weighted by molar-refractivity contribution is -0.143. The third-order valence-corrected chi connectivity index (χ3v) is 4.46. The minimum Gasteiger partial charge on any atom is -0.425 e. The van der Waals surface area contributed by atoms with Crippen LogP contribution < -0.4 is 14.8 Å². The third-order valence-electron chi connectivity index (χ3n) is 4.46. The zero-order valence-corrected chi connectivity index (χ0v) is 19.3. The summed E-state index contributed by atoms with van der Waals surface area (Å²) in [6.07, 6.45) is 3.26. The lowest BCUT2D eigenvalue weighted by atomic mass is 9.97. The summed E-state index contributed by atoms with van der Waals surface area (Å²) >= 11 is 0. The molecule has 2 aromatic heterocycles. The predicted octanol–water partition coefficient (Wildman–Crippen LogP) is 3.23. The van der Waals surface area contributed by atoms with Gasteiger partial charge in [0.15, 0.2) is 5.82 Å². The van der Waals surface area contributed by atoms with E-state index < -0.39 is 23.3 Å². The Morgan fingerprint density at radius 2 is 1.79 bits per heavy atom. The van der Waals surface area contributed by atoms with Gasteiger partial charge in [-0.3, -0.25) is 19.7 Å². The number of benzene rings is 1. The van der Waals surface area contributed by atoms with Crippen LogP contribution in [0.15, 0.2) is 54.9 Å². The lowest BCUT2D eigenvalue weighted by Crippen LogP contribution is -2.28. The molecular formula is C24H25N5O5. The zero-order valence-electron chi connectivity index (χ0n) is 19.3. The minimum atomic E-state index is -0.818. The standard InChI is InChI=1S/C24H25N5O5/c1-14(2)22(31)33-16-6-7-17(18(12-16)34-23(32)24(3,4)5)21(30)26-13-19-27-20(29-28-19)15-8-10-25-11-9-15/h6-12H,1,13H2,2-5H3,(H,26,30)(H,27,28,29). The van der Waals surface area contributed by atoms with Gasteiger partial charge < -0.3 is 14.8 Å². The second kappa shape index (κ2) is 10.1. The molecule has 1 aromatic carbocycles. The van der Waals surface area contributed by atoms with Gasteiger partial charge >= 0.3 is 11.9 Å². The maximum absolute atomic E-state index is 12.9. The smallest absolute Gasteiger partial charge is 0.338 e. The van der Waals surface area contributed by atoms with Crippen LogP contribution in [-0.4, -0.2) is 38.0 Å². The Hall–Kier alpha value is -4.34. The average Bonchev–Trinajstić information content (AvgIpc) is 3.26. The van der Waals surface area contributed by atoms with E-state index in [1.807, 2.05) is 0 Å². The summed E-state index contributed by atoms with van der Waals surface area (Å²) < 4.78 is 10.7. The highest BCUT2D eigenvalue weighted by molar-refractivity contribution is 5.98. The number of nitrogens with zero attached hydrogens (tertiary/aromatic N) is 3. The Bertz CT molecular complexity index is 1230. The Morgan fingerprint density at radius 3 is 2.44 bits per heavy atom. The van der Waals surface area contributed by atoms with Crippen molar-refractivity contribution in [2.75, 3.05) is 0 Å². The molecular weight excluding hydrogens is 438 g/mol. The van der Waals surface area contributed by atoms with E-state index in [-0.39, 0.29) is 29.2 Å². The highest BCUT2D eigenvalue weighted by Gasteiger charge is 2.26. The summed E-state index contributed by atoms with van der Waals surface area (Å²) in [5.41, 5.74) is 0.247. The van der Waals surface area contributed by atoms with Gasteiger partial charge in [0.1, 0.15) is 17.3 Å². The molecule has 176 valence electrons. The first kappa shape index (κ1) is 24.3. The number of aromatic nitrogens is 4. The van der Waals surface area contributed by atoms with Gasteiger partial charge in [0.2, 0.25) is 0 Å². The summed E-state index contributed by atoms with van der Waals surface area (Å²) in [6, 6.07) is 7.69. The molecule has 34 heavy (non-hydrogen) atoms. The zero-order chi connectivity index (χ0) is 24.9. The molecule has 0 unspecified atom stereocenters. The molecule has 0 spiro atoms. The van der Waals surface area contributed by atoms with Gasteiger partial charge in [0, 0.05) is 29.6 Å². The van der Waals surface area contributed by atoms with Crippen LogP contribution in [0.5, 0.6) is 11.5 Å². The molecule has 0 bridgehead atoms. The first-order valence-corrected chi connectivity index (χ1v) is 10.4. The second-order valence-electron chi connectivity index (χ2n) is 8.49. The number of pyridine rings is 1. The van der Waals surface area contributed by atoms with E-state index >= 15 is 0 Å². The number of amides is 1. The number of hydrogen-bond acceptors (Lipinski definition) is 8. The molecule has 0 saturated heterocycles. The van der Waals surface area contributed by atoms with Crippen LogP contribution in [0.2, 0.25) is 0 Å². The van der Waals surface area contributed by atoms with Crippen molar-refractivity contribution in [2.45, 2.75) is 34.2 Å². The van der Waals surface area contributed by atoms with Crippen LogP contribution in [-0.2, 0) is 16.1 Å². The number of carbonyl (C=O) groups excluding carboxylic acids is 3. The highest BCUT2D eigenvalue weighted by Crippen LogP contribution is 2.28. The largest absolute Gasteiger partial charge is 0.425 e. The molecule has 0 atom stereocenters. The van der Waals surface area contributed by atoms with Crippen LogP contribution in [0.4, 0.5) is 0 Å². The first-order valence-electron chi connectivity index (χ1n) is 10.4. The van der Waals surface area contributed by atoms with E-state index in [2.05, 4.69) is 32.1 Å². The molecule has 10 nitrogen and oxygen atoms in total. The van der Waals surface area contributed by atoms with Gasteiger partial charge in [-0.05, 0) is 52.0 Å². The quantitative estimate of drug-likeness (QED) is 0.310. The maximum atomic E-state index is 12.9. The van der Waals surface area contributed by atoms with Gasteiger partial charge in [-0.15, -0.1) is 0 Å². The van der Waals surface area contributed by atoms with Crippen LogP contribution in [0.25, 0.3) is 11.4 Å². The Kier molecular flexibility index (Phi) is 7.20. The van der Waals surface area contributed by atoms with Crippen molar-refractivity contribution in [3.63, 3.8) is 0 Å². The third kappa shape index (κ3) is 6.12. The topological polar surface area (TPSA) is 136 Å². The van der Waals surface area contributed by atoms with Crippen molar-refractivity contribution in [2.24, 2.45) is 5.41 Å². The van der Waals surface area contributed by atoms with Gasteiger partial charge in [0.25, 0.3) is 5.91 Å². The SMILES string of the molecule is C=C(C)C(=O)Oc1ccc(C(=O)NCc2nc(-c3ccncc3)n[nH]2)c(OC(=O)C(C)(C)C)c1. The van der Waals surface area contributed by atoms with E-state index in [0.29, 0.717) is 11.6 Å². The molecule has 0 aliphatic heterocycles. The van der Waals surface area contributed by atoms with E-state index in [1.54, 1.807) is 45.3 Å². The molecule has 0 radical (unpaired) electrons. The number of H-pyrrole nitrogens is 1. The molecule has 0 fully saturated rings. The van der Waals surface area contributed by atoms with Crippen molar-refractivity contribution in [1.29, 1.82) is 0 Å². The molecule has 10 heteroatoms. The number of rotatable bonds is 7. The normalized spacial score (nSPS) is 10.9. The molecule has 0 saturated carbocycles. The number of ether oxygens (including phenoxy) is 2. The Labute approximate surface area is 196 Å². The summed E-state index contributed by atoms with van der Waals surface area (Å²) in [5.74, 6) is -0.743. The van der Waals surface area contributed by atoms with Crippen LogP contribution in [0, 0.1) is 5.41 Å². The highest BCUT2D eigenvalue weighted by atomic mass is 16.5. The van der Waals surface area contributed by atoms with E-state index in [9.17, 15) is 14.4 Å². The Balaban J connectivity index is 1.78. The van der Waals surface area contributed by atoms with Crippen LogP contribution in [0.3, 0.4) is 0 Å². The lowest BCUT2D eigenvalue weighted by Gasteiger charge is -2.18. The van der Waals surface area contributed by atoms with Crippen molar-refractivity contribution >= 4 is 17.8 Å². The summed E-state index contributed by atoms with van der Waals surface area (Å²) in [6.45, 7) is 10.1. The average molecular weight is 463 g/mol. The number of nitrogens with one attached hydrogen (secondary N) is 2. The molecule has 2 heterocycles. The molecule has 2 N–H and O–H groups in total. The number of esters is 2. The van der Waals surface area contributed by atoms with Crippen LogP contribution in [0.1, 0.15) is 43.9 Å². The van der Waals surface area contributed by atoms with Crippen molar-refractivity contribution in [3.05, 3.63) is 66.3 Å². The number of hydrogen-bond donors (Lipinski definition) is 2. The number of aromatic amines is 1. The fourth-order valence-electron chi connectivity index (χ4n) is 2.55. The van der Waals surface area contributed by atoms with Crippen molar-refractivity contribution in [3.8, 4) is 22.9 Å². The van der Waals surface area contributed by atoms with Gasteiger partial charge in [0.05, 0.1) is 17.5 Å². The van der Waals surface area contributed by atoms with E-state index in [0.717, 1.165) is 5.56 Å². The summed E-state index contributed by atoms with van der Waals surface area (Å²) in [7, 11) is 0. The van der Waals surface area contributed by atoms with Crippen molar-refractivity contribution in [1.82, 2.24) is 25.5 Å². The van der Waals surface area contributed by atoms with Crippen LogP contribution >= 0.6 is 0 Å². The number of carbonyl (C=O) groups is 3. The van der Waals surface area contributed by atoms with Gasteiger partial charge in [-0.1, -0.05) is 6.58 Å². The summed E-state index contributed by atoms with van der Waals surface area (Å²) in [5, 5.41) is 9.62. The first-order chi connectivity index (χ1) is 16.0. The predicted molar refractivity (Wildman–Crippen MR) is 123 cm³/mol. The summed E-state index contributed by atoms with van der Waals surface area (Å²) in [4.78, 5) is 45.5. The Morgan fingerprint density at radius 1 is 1.09 bits per heavy atom. The minimum absolute atomic E-state index is 0.0421. The van der Waals surface area contributed by atoms with E-state index in [4.69, 9.17) is 9.47 Å². The molecule has 0 aliphatic carbocycles. The fourth-order valence-corrected chi connectivity index (χ4v) is 2.55. The monoisotopic (exact) mass is 463 g/mol. The second-order valence-corrected chi connectivity index (χ2v) is 8.49. The van der Waals surface area contributed by atoms with Gasteiger partial charge in [-0.25, -0.2) is 9.78 Å². The molecule has 1 amide bonds. The fraction of sp³-hybridized carbons (Fsp3) is 0.250.